The lowest BCUT2D eigenvalue weighted by atomic mass is 10.1. The van der Waals surface area contributed by atoms with E-state index in [1.807, 2.05) is 0 Å². The van der Waals surface area contributed by atoms with Crippen LogP contribution >= 0.6 is 11.6 Å². The maximum absolute atomic E-state index is 12.5. The van der Waals surface area contributed by atoms with Crippen molar-refractivity contribution < 1.29 is 17.9 Å². The predicted octanol–water partition coefficient (Wildman–Crippen LogP) is 4.98. The van der Waals surface area contributed by atoms with Gasteiger partial charge >= 0.3 is 6.18 Å². The number of anilines is 1. The lowest BCUT2D eigenvalue weighted by molar-refractivity contribution is -0.137. The SMILES string of the molecule is COc1ccc(Cl)cc1NCc1ccc(C(F)(F)F)cc1. The molecular weight excluding hydrogens is 303 g/mol. The number of alkyl halides is 3. The Labute approximate surface area is 125 Å². The molecule has 0 radical (unpaired) electrons. The molecule has 21 heavy (non-hydrogen) atoms. The fourth-order valence-electron chi connectivity index (χ4n) is 1.83. The first-order chi connectivity index (χ1) is 9.90. The lowest BCUT2D eigenvalue weighted by Gasteiger charge is -2.12. The van der Waals surface area contributed by atoms with Crippen LogP contribution in [-0.2, 0) is 12.7 Å². The summed E-state index contributed by atoms with van der Waals surface area (Å²) in [5.41, 5.74) is 0.751. The van der Waals surface area contributed by atoms with Crippen LogP contribution in [0.25, 0.3) is 0 Å². The topological polar surface area (TPSA) is 21.3 Å². The van der Waals surface area contributed by atoms with Gasteiger partial charge in [-0.3, -0.25) is 0 Å². The molecule has 0 aliphatic rings. The molecule has 0 amide bonds. The Balaban J connectivity index is 2.08. The Morgan fingerprint density at radius 1 is 1.10 bits per heavy atom. The fraction of sp³-hybridized carbons (Fsp3) is 0.200. The Morgan fingerprint density at radius 3 is 2.33 bits per heavy atom. The van der Waals surface area contributed by atoms with Crippen molar-refractivity contribution in [3.05, 3.63) is 58.6 Å². The van der Waals surface area contributed by atoms with Crippen LogP contribution in [0, 0.1) is 0 Å². The summed E-state index contributed by atoms with van der Waals surface area (Å²) < 4.78 is 42.6. The summed E-state index contributed by atoms with van der Waals surface area (Å²) in [5, 5.41) is 3.64. The first kappa shape index (κ1) is 15.5. The summed E-state index contributed by atoms with van der Waals surface area (Å²) >= 11 is 5.91. The Hall–Kier alpha value is -1.88. The standard InChI is InChI=1S/C15H13ClF3NO/c1-21-14-7-6-12(16)8-13(14)20-9-10-2-4-11(5-3-10)15(17,18)19/h2-8,20H,9H2,1H3. The molecule has 6 heteroatoms. The predicted molar refractivity (Wildman–Crippen MR) is 76.8 cm³/mol. The monoisotopic (exact) mass is 315 g/mol. The minimum Gasteiger partial charge on any atom is -0.495 e. The van der Waals surface area contributed by atoms with Gasteiger partial charge in [0.25, 0.3) is 0 Å². The number of ether oxygens (including phenoxy) is 1. The van der Waals surface area contributed by atoms with E-state index in [0.29, 0.717) is 23.0 Å². The zero-order valence-corrected chi connectivity index (χ0v) is 11.9. The second-order valence-electron chi connectivity index (χ2n) is 4.39. The lowest BCUT2D eigenvalue weighted by Crippen LogP contribution is -2.06. The van der Waals surface area contributed by atoms with Gasteiger partial charge in [0.05, 0.1) is 18.4 Å². The summed E-state index contributed by atoms with van der Waals surface area (Å²) in [7, 11) is 1.53. The molecule has 0 bridgehead atoms. The fourth-order valence-corrected chi connectivity index (χ4v) is 2.00. The number of methoxy groups -OCH3 is 1. The zero-order chi connectivity index (χ0) is 15.5. The normalized spacial score (nSPS) is 11.3. The minimum atomic E-state index is -4.32. The molecule has 0 saturated heterocycles. The summed E-state index contributed by atoms with van der Waals surface area (Å²) in [6, 6.07) is 10.1. The summed E-state index contributed by atoms with van der Waals surface area (Å²) in [5.74, 6) is 0.617. The maximum Gasteiger partial charge on any atom is 0.416 e. The molecule has 0 atom stereocenters. The Kier molecular flexibility index (Phi) is 4.63. The molecule has 0 heterocycles. The number of halogens is 4. The van der Waals surface area contributed by atoms with Gasteiger partial charge in [0.1, 0.15) is 5.75 Å². The van der Waals surface area contributed by atoms with Crippen LogP contribution in [0.15, 0.2) is 42.5 Å². The van der Waals surface area contributed by atoms with Gasteiger partial charge in [-0.05, 0) is 35.9 Å². The van der Waals surface area contributed by atoms with Crippen LogP contribution in [0.4, 0.5) is 18.9 Å². The first-order valence-electron chi connectivity index (χ1n) is 6.13. The van der Waals surface area contributed by atoms with Crippen molar-refractivity contribution in [1.82, 2.24) is 0 Å². The molecule has 2 rings (SSSR count). The molecule has 0 fully saturated rings. The van der Waals surface area contributed by atoms with Crippen LogP contribution < -0.4 is 10.1 Å². The van der Waals surface area contributed by atoms with Gasteiger partial charge in [-0.2, -0.15) is 13.2 Å². The second kappa shape index (κ2) is 6.26. The maximum atomic E-state index is 12.5. The zero-order valence-electron chi connectivity index (χ0n) is 11.2. The van der Waals surface area contributed by atoms with E-state index in [4.69, 9.17) is 16.3 Å². The molecule has 112 valence electrons. The summed E-state index contributed by atoms with van der Waals surface area (Å²) in [6.07, 6.45) is -4.32. The van der Waals surface area contributed by atoms with E-state index in [0.717, 1.165) is 17.7 Å². The van der Waals surface area contributed by atoms with E-state index in [1.54, 1.807) is 18.2 Å². The van der Waals surface area contributed by atoms with Crippen LogP contribution in [0.5, 0.6) is 5.75 Å². The molecular formula is C15H13ClF3NO. The second-order valence-corrected chi connectivity index (χ2v) is 4.83. The van der Waals surface area contributed by atoms with Gasteiger partial charge in [-0.15, -0.1) is 0 Å². The molecule has 2 aromatic carbocycles. The minimum absolute atomic E-state index is 0.370. The van der Waals surface area contributed by atoms with Crippen molar-refractivity contribution in [3.8, 4) is 5.75 Å². The number of nitrogens with one attached hydrogen (secondary N) is 1. The highest BCUT2D eigenvalue weighted by molar-refractivity contribution is 6.30. The van der Waals surface area contributed by atoms with Crippen LogP contribution in [0.3, 0.4) is 0 Å². The third-order valence-corrected chi connectivity index (χ3v) is 3.16. The van der Waals surface area contributed by atoms with Gasteiger partial charge in [0.2, 0.25) is 0 Å². The largest absolute Gasteiger partial charge is 0.495 e. The van der Waals surface area contributed by atoms with E-state index in [9.17, 15) is 13.2 Å². The van der Waals surface area contributed by atoms with Gasteiger partial charge in [0, 0.05) is 11.6 Å². The number of hydrogen-bond donors (Lipinski definition) is 1. The molecule has 0 unspecified atom stereocenters. The number of rotatable bonds is 4. The molecule has 2 aromatic rings. The van der Waals surface area contributed by atoms with E-state index in [-0.39, 0.29) is 0 Å². The summed E-state index contributed by atoms with van der Waals surface area (Å²) in [4.78, 5) is 0. The van der Waals surface area contributed by atoms with Gasteiger partial charge in [-0.1, -0.05) is 23.7 Å². The van der Waals surface area contributed by atoms with Gasteiger partial charge in [0.15, 0.2) is 0 Å². The van der Waals surface area contributed by atoms with Gasteiger partial charge < -0.3 is 10.1 Å². The van der Waals surface area contributed by atoms with Crippen LogP contribution in [-0.4, -0.2) is 7.11 Å². The third kappa shape index (κ3) is 4.04. The highest BCUT2D eigenvalue weighted by Crippen LogP contribution is 2.30. The van der Waals surface area contributed by atoms with Crippen molar-refractivity contribution >= 4 is 17.3 Å². The van der Waals surface area contributed by atoms with Crippen molar-refractivity contribution in [2.45, 2.75) is 12.7 Å². The smallest absolute Gasteiger partial charge is 0.416 e. The number of benzene rings is 2. The highest BCUT2D eigenvalue weighted by atomic mass is 35.5. The first-order valence-corrected chi connectivity index (χ1v) is 6.51. The average Bonchev–Trinajstić information content (AvgIpc) is 2.45. The average molecular weight is 316 g/mol. The quantitative estimate of drug-likeness (QED) is 0.859. The highest BCUT2D eigenvalue weighted by Gasteiger charge is 2.29. The van der Waals surface area contributed by atoms with Crippen molar-refractivity contribution in [3.63, 3.8) is 0 Å². The molecule has 1 N–H and O–H groups in total. The van der Waals surface area contributed by atoms with Crippen LogP contribution in [0.2, 0.25) is 5.02 Å². The Bertz CT molecular complexity index is 611. The molecule has 0 aromatic heterocycles. The van der Waals surface area contributed by atoms with E-state index in [2.05, 4.69) is 5.32 Å². The van der Waals surface area contributed by atoms with E-state index in [1.165, 1.54) is 19.2 Å². The van der Waals surface area contributed by atoms with E-state index < -0.39 is 11.7 Å². The third-order valence-electron chi connectivity index (χ3n) is 2.93. The van der Waals surface area contributed by atoms with Crippen molar-refractivity contribution in [2.24, 2.45) is 0 Å². The molecule has 0 aliphatic heterocycles. The number of hydrogen-bond acceptors (Lipinski definition) is 2. The summed E-state index contributed by atoms with van der Waals surface area (Å²) in [6.45, 7) is 0.370. The van der Waals surface area contributed by atoms with Gasteiger partial charge in [-0.25, -0.2) is 0 Å². The molecule has 0 aliphatic carbocycles. The van der Waals surface area contributed by atoms with E-state index >= 15 is 0 Å². The molecule has 2 nitrogen and oxygen atoms in total. The van der Waals surface area contributed by atoms with Crippen LogP contribution in [0.1, 0.15) is 11.1 Å². The Morgan fingerprint density at radius 2 is 1.76 bits per heavy atom. The van der Waals surface area contributed by atoms with Crippen molar-refractivity contribution in [1.29, 1.82) is 0 Å². The van der Waals surface area contributed by atoms with Crippen molar-refractivity contribution in [2.75, 3.05) is 12.4 Å². The molecule has 0 saturated carbocycles. The molecule has 0 spiro atoms.